The molecule has 11 heteroatoms. The first-order valence-corrected chi connectivity index (χ1v) is 11.5. The highest BCUT2D eigenvalue weighted by Crippen LogP contribution is 2.45. The largest absolute Gasteiger partial charge is 0.417 e. The van der Waals surface area contributed by atoms with Gasteiger partial charge in [0.2, 0.25) is 5.91 Å². The van der Waals surface area contributed by atoms with E-state index < -0.39 is 23.3 Å². The van der Waals surface area contributed by atoms with E-state index in [0.29, 0.717) is 51.1 Å². The number of carbonyl (C=O) groups is 2. The number of hydrogen-bond donors (Lipinski definition) is 1. The first-order valence-electron chi connectivity index (χ1n) is 11.5. The van der Waals surface area contributed by atoms with Gasteiger partial charge in [-0.05, 0) is 55.9 Å². The molecule has 2 saturated heterocycles. The van der Waals surface area contributed by atoms with E-state index in [1.807, 2.05) is 11.8 Å². The summed E-state index contributed by atoms with van der Waals surface area (Å²) in [6, 6.07) is 6.39. The number of hydrogen-bond acceptors (Lipinski definition) is 5. The van der Waals surface area contributed by atoms with Crippen molar-refractivity contribution in [1.29, 1.82) is 5.26 Å². The monoisotopic (exact) mass is 488 g/mol. The molecule has 1 atom stereocenters. The number of anilines is 1. The number of rotatable bonds is 4. The molecule has 2 amide bonds. The van der Waals surface area contributed by atoms with Crippen LogP contribution >= 0.6 is 0 Å². The van der Waals surface area contributed by atoms with Crippen LogP contribution in [0.2, 0.25) is 0 Å². The molecule has 1 spiro atoms. The van der Waals surface area contributed by atoms with Crippen molar-refractivity contribution >= 4 is 17.5 Å². The van der Waals surface area contributed by atoms with Crippen molar-refractivity contribution in [3.63, 3.8) is 0 Å². The number of likely N-dealkylation sites (N-methyl/N-ethyl adjacent to an activating group) is 1. The number of amides is 2. The van der Waals surface area contributed by atoms with Crippen molar-refractivity contribution in [2.75, 3.05) is 31.6 Å². The maximum atomic E-state index is 13.4. The van der Waals surface area contributed by atoms with Crippen LogP contribution in [0.5, 0.6) is 0 Å². The summed E-state index contributed by atoms with van der Waals surface area (Å²) in [5, 5.41) is 16.0. The molecule has 8 nitrogen and oxygen atoms in total. The Morgan fingerprint density at radius 1 is 1.26 bits per heavy atom. The first-order chi connectivity index (χ1) is 16.6. The molecule has 35 heavy (non-hydrogen) atoms. The number of carbonyl (C=O) groups excluding carboxylic acids is 2. The second-order valence-electron chi connectivity index (χ2n) is 9.15. The molecule has 0 radical (unpaired) electrons. The highest BCUT2D eigenvalue weighted by atomic mass is 19.4. The molecule has 0 bridgehead atoms. The Kier molecular flexibility index (Phi) is 6.49. The number of likely N-dealkylation sites (tertiary alicyclic amines) is 1. The number of aromatic nitrogens is 2. The van der Waals surface area contributed by atoms with Crippen LogP contribution in [0, 0.1) is 16.7 Å². The fraction of sp³-hybridized carbons (Fsp3) is 0.500. The predicted molar refractivity (Wildman–Crippen MR) is 121 cm³/mol. The highest BCUT2D eigenvalue weighted by molar-refractivity contribution is 5.96. The van der Waals surface area contributed by atoms with E-state index in [0.717, 1.165) is 6.07 Å². The lowest BCUT2D eigenvalue weighted by Gasteiger charge is -2.40. The molecule has 0 saturated carbocycles. The van der Waals surface area contributed by atoms with E-state index in [2.05, 4.69) is 10.4 Å². The minimum atomic E-state index is -4.62. The Hall–Kier alpha value is -3.55. The SMILES string of the molecule is CCn1ccc(C(=O)N2CC3(CCN(c4ccc(C#N)c(C(F)(F)F)c4)CC3)CC2C(=O)NC)n1. The van der Waals surface area contributed by atoms with Crippen LogP contribution < -0.4 is 10.2 Å². The van der Waals surface area contributed by atoms with Crippen LogP contribution in [-0.4, -0.2) is 59.2 Å². The summed E-state index contributed by atoms with van der Waals surface area (Å²) in [6.07, 6.45) is -1.17. The van der Waals surface area contributed by atoms with Crippen LogP contribution in [0.4, 0.5) is 18.9 Å². The van der Waals surface area contributed by atoms with Crippen molar-refractivity contribution in [2.24, 2.45) is 5.41 Å². The Labute approximate surface area is 201 Å². The van der Waals surface area contributed by atoms with Crippen molar-refractivity contribution < 1.29 is 22.8 Å². The zero-order valence-corrected chi connectivity index (χ0v) is 19.6. The maximum absolute atomic E-state index is 13.4. The lowest BCUT2D eigenvalue weighted by molar-refractivity contribution is -0.137. The molecular formula is C24H27F3N6O2. The standard InChI is InChI=1S/C24H27F3N6O2/c1-3-32-9-6-19(30-32)22(35)33-15-23(13-20(33)21(34)29-2)7-10-31(11-8-23)17-5-4-16(14-28)18(12-17)24(25,26)27/h4-6,9,12,20H,3,7-8,10-11,13,15H2,1-2H3,(H,29,34). The summed E-state index contributed by atoms with van der Waals surface area (Å²) < 4.78 is 41.9. The van der Waals surface area contributed by atoms with Gasteiger partial charge < -0.3 is 15.1 Å². The number of halogens is 3. The molecule has 2 aliphatic heterocycles. The molecule has 1 aromatic carbocycles. The molecule has 1 N–H and O–H groups in total. The van der Waals surface area contributed by atoms with Gasteiger partial charge in [-0.2, -0.15) is 23.5 Å². The van der Waals surface area contributed by atoms with Gasteiger partial charge >= 0.3 is 6.18 Å². The fourth-order valence-corrected chi connectivity index (χ4v) is 5.13. The summed E-state index contributed by atoms with van der Waals surface area (Å²) in [6.45, 7) is 3.89. The van der Waals surface area contributed by atoms with Crippen LogP contribution in [0.15, 0.2) is 30.5 Å². The molecule has 1 aromatic heterocycles. The molecule has 186 valence electrons. The van der Waals surface area contributed by atoms with Gasteiger partial charge in [-0.3, -0.25) is 14.3 Å². The lowest BCUT2D eigenvalue weighted by Crippen LogP contribution is -2.45. The number of nitrogens with zero attached hydrogens (tertiary/aromatic N) is 5. The summed E-state index contributed by atoms with van der Waals surface area (Å²) in [7, 11) is 1.54. The van der Waals surface area contributed by atoms with Gasteiger partial charge in [0.05, 0.1) is 17.2 Å². The van der Waals surface area contributed by atoms with Crippen LogP contribution in [0.25, 0.3) is 0 Å². The number of benzene rings is 1. The number of piperidine rings is 1. The van der Waals surface area contributed by atoms with Gasteiger partial charge in [0.15, 0.2) is 0 Å². The number of alkyl halides is 3. The Balaban J connectivity index is 1.52. The summed E-state index contributed by atoms with van der Waals surface area (Å²) >= 11 is 0. The van der Waals surface area contributed by atoms with Gasteiger partial charge in [0.25, 0.3) is 5.91 Å². The number of aryl methyl sites for hydroxylation is 1. The Morgan fingerprint density at radius 2 is 1.97 bits per heavy atom. The summed E-state index contributed by atoms with van der Waals surface area (Å²) in [5.74, 6) is -0.540. The normalized spacial score (nSPS) is 19.6. The Bertz CT molecular complexity index is 1160. The van der Waals surface area contributed by atoms with Crippen molar-refractivity contribution in [2.45, 2.75) is 44.9 Å². The third kappa shape index (κ3) is 4.70. The second kappa shape index (κ2) is 9.24. The van der Waals surface area contributed by atoms with Gasteiger partial charge in [-0.25, -0.2) is 0 Å². The van der Waals surface area contributed by atoms with Crippen molar-refractivity contribution in [3.8, 4) is 6.07 Å². The minimum Gasteiger partial charge on any atom is -0.371 e. The van der Waals surface area contributed by atoms with Crippen molar-refractivity contribution in [1.82, 2.24) is 20.0 Å². The topological polar surface area (TPSA) is 94.3 Å². The molecule has 2 fully saturated rings. The van der Waals surface area contributed by atoms with Gasteiger partial charge in [-0.15, -0.1) is 0 Å². The smallest absolute Gasteiger partial charge is 0.371 e. The predicted octanol–water partition coefficient (Wildman–Crippen LogP) is 3.04. The van der Waals surface area contributed by atoms with Gasteiger partial charge in [0.1, 0.15) is 11.7 Å². The number of nitrogens with one attached hydrogen (secondary N) is 1. The van der Waals surface area contributed by atoms with Crippen LogP contribution in [-0.2, 0) is 17.5 Å². The maximum Gasteiger partial charge on any atom is 0.417 e. The van der Waals surface area contributed by atoms with Crippen molar-refractivity contribution in [3.05, 3.63) is 47.3 Å². The second-order valence-corrected chi connectivity index (χ2v) is 9.15. The third-order valence-corrected chi connectivity index (χ3v) is 7.12. The van der Waals surface area contributed by atoms with E-state index in [9.17, 15) is 22.8 Å². The molecular weight excluding hydrogens is 461 g/mol. The van der Waals surface area contributed by atoms with E-state index in [4.69, 9.17) is 5.26 Å². The molecule has 4 rings (SSSR count). The zero-order chi connectivity index (χ0) is 25.4. The van der Waals surface area contributed by atoms with Crippen LogP contribution in [0.1, 0.15) is 47.8 Å². The Morgan fingerprint density at radius 3 is 2.54 bits per heavy atom. The molecule has 2 aliphatic rings. The lowest BCUT2D eigenvalue weighted by atomic mass is 9.76. The minimum absolute atomic E-state index is 0.241. The fourth-order valence-electron chi connectivity index (χ4n) is 5.13. The van der Waals surface area contributed by atoms with E-state index in [1.54, 1.807) is 27.9 Å². The quantitative estimate of drug-likeness (QED) is 0.714. The average molecular weight is 489 g/mol. The van der Waals surface area contributed by atoms with Gasteiger partial charge in [0, 0.05) is 45.1 Å². The van der Waals surface area contributed by atoms with E-state index >= 15 is 0 Å². The molecule has 2 aromatic rings. The summed E-state index contributed by atoms with van der Waals surface area (Å²) in [4.78, 5) is 29.3. The third-order valence-electron chi connectivity index (χ3n) is 7.12. The van der Waals surface area contributed by atoms with Gasteiger partial charge in [-0.1, -0.05) is 0 Å². The van der Waals surface area contributed by atoms with E-state index in [1.165, 1.54) is 19.2 Å². The highest BCUT2D eigenvalue weighted by Gasteiger charge is 2.50. The average Bonchev–Trinajstić information content (AvgIpc) is 3.48. The summed E-state index contributed by atoms with van der Waals surface area (Å²) in [5.41, 5.74) is -0.964. The number of nitriles is 1. The first kappa shape index (κ1) is 24.6. The molecule has 0 aliphatic carbocycles. The van der Waals surface area contributed by atoms with Crippen LogP contribution in [0.3, 0.4) is 0 Å². The van der Waals surface area contributed by atoms with E-state index in [-0.39, 0.29) is 22.9 Å². The molecule has 1 unspecified atom stereocenters. The molecule has 3 heterocycles. The zero-order valence-electron chi connectivity index (χ0n) is 19.6.